The number of ketones is 2. The molecule has 0 saturated heterocycles. The molecule has 16 nitrogen and oxygen atoms in total. The fourth-order valence-corrected chi connectivity index (χ4v) is 11.3. The highest BCUT2D eigenvalue weighted by Crippen LogP contribution is 2.19. The monoisotopic (exact) mass is 1350 g/mol. The van der Waals surface area contributed by atoms with Crippen LogP contribution in [0.3, 0.4) is 0 Å². The first-order valence-corrected chi connectivity index (χ1v) is 39.4. The number of hydrogen-bond acceptors (Lipinski definition) is 16. The Morgan fingerprint density at radius 1 is 0.221 bits per heavy atom. The maximum Gasteiger partial charge on any atom is 0.306 e. The Hall–Kier alpha value is -3.92. The van der Waals surface area contributed by atoms with Gasteiger partial charge in [-0.2, -0.15) is 0 Å². The summed E-state index contributed by atoms with van der Waals surface area (Å²) in [6.07, 6.45) is 55.7. The van der Waals surface area contributed by atoms with Crippen LogP contribution in [0, 0.1) is 0 Å². The molecule has 558 valence electrons. The molecule has 0 radical (unpaired) electrons. The SMILES string of the molecule is CCCCCCCCCCCCCC(=O)CCC(COC(=O)CCC(=O)OCCOC)OC(=O)CCCCCCCCCCCCC.CCCCCCCCCCCCCC(=O)CCC(COC(=O)CCCC(=O)OCCOC)OC(=O)CCCCCCCCCCCCC. The number of Topliss-reactive ketones (excluding diaryl/α,β-unsaturated/α-hetero) is 2. The molecular formula is C79H146O16. The van der Waals surface area contributed by atoms with Crippen molar-refractivity contribution in [3.63, 3.8) is 0 Å². The molecule has 0 aliphatic carbocycles. The highest BCUT2D eigenvalue weighted by atomic mass is 16.6. The van der Waals surface area contributed by atoms with Gasteiger partial charge in [0.25, 0.3) is 0 Å². The molecule has 0 heterocycles. The molecule has 2 atom stereocenters. The van der Waals surface area contributed by atoms with Gasteiger partial charge < -0.3 is 37.9 Å². The molecule has 0 bridgehead atoms. The molecule has 0 N–H and O–H groups in total. The second-order valence-corrected chi connectivity index (χ2v) is 26.7. The van der Waals surface area contributed by atoms with Crippen LogP contribution < -0.4 is 0 Å². The molecule has 0 aliphatic rings. The van der Waals surface area contributed by atoms with Crippen LogP contribution in [-0.2, 0) is 76.3 Å². The molecule has 2 unspecified atom stereocenters. The van der Waals surface area contributed by atoms with Crippen LogP contribution in [0.15, 0.2) is 0 Å². The number of rotatable bonds is 73. The van der Waals surface area contributed by atoms with Crippen molar-refractivity contribution in [2.24, 2.45) is 0 Å². The molecule has 0 aromatic carbocycles. The summed E-state index contributed by atoms with van der Waals surface area (Å²) in [5.41, 5.74) is 0. The van der Waals surface area contributed by atoms with Gasteiger partial charge in [-0.25, -0.2) is 0 Å². The van der Waals surface area contributed by atoms with Gasteiger partial charge in [0.2, 0.25) is 0 Å². The molecule has 0 aromatic heterocycles. The van der Waals surface area contributed by atoms with E-state index in [4.69, 9.17) is 37.9 Å². The van der Waals surface area contributed by atoms with Gasteiger partial charge >= 0.3 is 35.8 Å². The zero-order valence-corrected chi connectivity index (χ0v) is 62.2. The molecule has 0 aromatic rings. The van der Waals surface area contributed by atoms with Crippen LogP contribution >= 0.6 is 0 Å². The fourth-order valence-electron chi connectivity index (χ4n) is 11.3. The van der Waals surface area contributed by atoms with Crippen molar-refractivity contribution in [3.05, 3.63) is 0 Å². The number of esters is 6. The number of hydrogen-bond donors (Lipinski definition) is 0. The predicted molar refractivity (Wildman–Crippen MR) is 383 cm³/mol. The highest BCUT2D eigenvalue weighted by Gasteiger charge is 2.21. The van der Waals surface area contributed by atoms with Gasteiger partial charge in [-0.1, -0.05) is 285 Å². The first kappa shape index (κ1) is 93.1. The summed E-state index contributed by atoms with van der Waals surface area (Å²) in [5, 5.41) is 0. The van der Waals surface area contributed by atoms with E-state index in [-0.39, 0.29) is 88.0 Å². The first-order valence-electron chi connectivity index (χ1n) is 39.4. The summed E-state index contributed by atoms with van der Waals surface area (Å²) in [5.74, 6) is -2.21. The van der Waals surface area contributed by atoms with E-state index in [0.717, 1.165) is 70.6 Å². The smallest absolute Gasteiger partial charge is 0.306 e. The second kappa shape index (κ2) is 75.8. The Balaban J connectivity index is 0. The van der Waals surface area contributed by atoms with Crippen LogP contribution in [0.4, 0.5) is 0 Å². The van der Waals surface area contributed by atoms with Gasteiger partial charge in [0.05, 0.1) is 26.1 Å². The van der Waals surface area contributed by atoms with Crippen molar-refractivity contribution in [1.29, 1.82) is 0 Å². The zero-order valence-electron chi connectivity index (χ0n) is 62.2. The molecule has 0 rings (SSSR count). The molecule has 0 fully saturated rings. The third-order valence-electron chi connectivity index (χ3n) is 17.4. The third-order valence-corrected chi connectivity index (χ3v) is 17.4. The number of unbranched alkanes of at least 4 members (excludes halogenated alkanes) is 40. The Kier molecular flexibility index (Phi) is 74.4. The lowest BCUT2D eigenvalue weighted by atomic mass is 10.0. The minimum absolute atomic E-state index is 0.0660. The average Bonchev–Trinajstić information content (AvgIpc) is 3.56. The second-order valence-electron chi connectivity index (χ2n) is 26.7. The van der Waals surface area contributed by atoms with E-state index in [2.05, 4.69) is 27.7 Å². The summed E-state index contributed by atoms with van der Waals surface area (Å²) >= 11 is 0. The number of carbonyl (C=O) groups excluding carboxylic acids is 8. The van der Waals surface area contributed by atoms with Crippen molar-refractivity contribution in [2.75, 3.05) is 53.9 Å². The van der Waals surface area contributed by atoms with Gasteiger partial charge in [0.15, 0.2) is 0 Å². The van der Waals surface area contributed by atoms with Crippen LogP contribution in [0.25, 0.3) is 0 Å². The van der Waals surface area contributed by atoms with Gasteiger partial charge in [-0.3, -0.25) is 38.4 Å². The molecule has 16 heteroatoms. The van der Waals surface area contributed by atoms with E-state index in [1.54, 1.807) is 0 Å². The van der Waals surface area contributed by atoms with Crippen molar-refractivity contribution in [1.82, 2.24) is 0 Å². The van der Waals surface area contributed by atoms with Crippen LogP contribution in [0.5, 0.6) is 0 Å². The zero-order chi connectivity index (χ0) is 70.0. The van der Waals surface area contributed by atoms with Gasteiger partial charge in [0.1, 0.15) is 50.2 Å². The first-order chi connectivity index (χ1) is 46.3. The maximum absolute atomic E-state index is 12.6. The van der Waals surface area contributed by atoms with Gasteiger partial charge in [-0.05, 0) is 44.9 Å². The summed E-state index contributed by atoms with van der Waals surface area (Å²) in [6, 6.07) is 0. The normalized spacial score (nSPS) is 11.7. The number of carbonyl (C=O) groups is 8. The summed E-state index contributed by atoms with van der Waals surface area (Å²) in [4.78, 5) is 98.5. The standard InChI is InChI=1S/C40H74O8.C39H72O8/c1-4-6-8-10-12-14-16-18-20-22-24-27-36(41)31-32-37(35-47-39(43)30-26-29-38(42)46-34-33-45-3)48-40(44)28-25-23-21-19-17-15-13-11-9-7-5-2;1-4-6-8-10-12-14-16-18-20-22-24-26-35(40)28-29-36(34-46-38(42)31-30-37(41)45-33-32-44-3)47-39(43)27-25-23-21-19-17-15-13-11-9-7-5-2/h37H,4-35H2,1-3H3;36H,4-34H2,1-3H3. The predicted octanol–water partition coefficient (Wildman–Crippen LogP) is 20.7. The molecule has 0 aliphatic heterocycles. The lowest BCUT2D eigenvalue weighted by molar-refractivity contribution is -0.160. The van der Waals surface area contributed by atoms with Gasteiger partial charge in [-0.15, -0.1) is 0 Å². The van der Waals surface area contributed by atoms with E-state index in [0.29, 0.717) is 64.6 Å². The van der Waals surface area contributed by atoms with Gasteiger partial charge in [0, 0.05) is 65.6 Å². The van der Waals surface area contributed by atoms with E-state index < -0.39 is 30.1 Å². The third kappa shape index (κ3) is 74.2. The Morgan fingerprint density at radius 2 is 0.442 bits per heavy atom. The number of methoxy groups -OCH3 is 2. The molecular weight excluding hydrogens is 1200 g/mol. The van der Waals surface area contributed by atoms with E-state index >= 15 is 0 Å². The van der Waals surface area contributed by atoms with Crippen molar-refractivity contribution in [3.8, 4) is 0 Å². The maximum atomic E-state index is 12.6. The van der Waals surface area contributed by atoms with E-state index in [9.17, 15) is 38.4 Å². The lowest BCUT2D eigenvalue weighted by Gasteiger charge is -2.18. The minimum Gasteiger partial charge on any atom is -0.463 e. The van der Waals surface area contributed by atoms with Crippen LogP contribution in [-0.4, -0.2) is 113 Å². The molecule has 95 heavy (non-hydrogen) atoms. The summed E-state index contributed by atoms with van der Waals surface area (Å²) < 4.78 is 41.8. The van der Waals surface area contributed by atoms with E-state index in [1.165, 1.54) is 226 Å². The van der Waals surface area contributed by atoms with Crippen molar-refractivity contribution < 1.29 is 76.3 Å². The van der Waals surface area contributed by atoms with Crippen LogP contribution in [0.1, 0.15) is 394 Å². The molecule has 0 spiro atoms. The summed E-state index contributed by atoms with van der Waals surface area (Å²) in [7, 11) is 3.04. The van der Waals surface area contributed by atoms with Crippen molar-refractivity contribution in [2.45, 2.75) is 406 Å². The van der Waals surface area contributed by atoms with Crippen LogP contribution in [0.2, 0.25) is 0 Å². The quantitative estimate of drug-likeness (QED) is 0.0315. The topological polar surface area (TPSA) is 210 Å². The average molecular weight is 1350 g/mol. The largest absolute Gasteiger partial charge is 0.463 e. The summed E-state index contributed by atoms with van der Waals surface area (Å²) in [6.45, 7) is 9.71. The minimum atomic E-state index is -0.672. The Labute approximate surface area is 580 Å². The Bertz CT molecular complexity index is 1770. The van der Waals surface area contributed by atoms with E-state index in [1.807, 2.05) is 0 Å². The lowest BCUT2D eigenvalue weighted by Crippen LogP contribution is -2.26. The fraction of sp³-hybridized carbons (Fsp3) is 0.899. The highest BCUT2D eigenvalue weighted by molar-refractivity contribution is 5.79. The number of ether oxygens (including phenoxy) is 8. The molecule has 0 saturated carbocycles. The van der Waals surface area contributed by atoms with Crippen molar-refractivity contribution >= 4 is 47.4 Å². The Morgan fingerprint density at radius 3 is 0.716 bits per heavy atom. The molecule has 0 amide bonds.